The van der Waals surface area contributed by atoms with Gasteiger partial charge in [0, 0.05) is 6.04 Å². The lowest BCUT2D eigenvalue weighted by molar-refractivity contribution is 0.101. The number of Topliss-reactive ketones (excluding diaryl/α,β-unsaturated/α-hetero) is 1. The second kappa shape index (κ2) is 4.97. The maximum atomic E-state index is 11.6. The third-order valence-corrected chi connectivity index (χ3v) is 5.70. The summed E-state index contributed by atoms with van der Waals surface area (Å²) in [6, 6.07) is -0.110. The van der Waals surface area contributed by atoms with Gasteiger partial charge in [-0.25, -0.2) is 8.42 Å². The molecule has 0 amide bonds. The molecule has 5 nitrogen and oxygen atoms in total. The van der Waals surface area contributed by atoms with Crippen molar-refractivity contribution >= 4 is 32.2 Å². The van der Waals surface area contributed by atoms with Gasteiger partial charge in [-0.3, -0.25) is 4.79 Å². The van der Waals surface area contributed by atoms with Crippen molar-refractivity contribution < 1.29 is 13.2 Å². The molecule has 1 aromatic heterocycles. The van der Waals surface area contributed by atoms with Gasteiger partial charge in [0.25, 0.3) is 0 Å². The van der Waals surface area contributed by atoms with E-state index in [1.54, 1.807) is 6.92 Å². The van der Waals surface area contributed by atoms with Crippen LogP contribution in [0.5, 0.6) is 0 Å². The summed E-state index contributed by atoms with van der Waals surface area (Å²) in [6.45, 7) is 3.29. The molecule has 0 bridgehead atoms. The molecule has 0 spiro atoms. The molecule has 0 radical (unpaired) electrons. The lowest BCUT2D eigenvalue weighted by Crippen LogP contribution is -2.34. The molecule has 1 aliphatic rings. The third-order valence-electron chi connectivity index (χ3n) is 3.01. The van der Waals surface area contributed by atoms with Crippen molar-refractivity contribution in [3.05, 3.63) is 11.3 Å². The Morgan fingerprint density at radius 3 is 2.83 bits per heavy atom. The molecular formula is C11H16N2O3S2. The van der Waals surface area contributed by atoms with Gasteiger partial charge in [0.05, 0.1) is 22.8 Å². The van der Waals surface area contributed by atoms with Crippen LogP contribution in [0.25, 0.3) is 0 Å². The number of sulfone groups is 1. The van der Waals surface area contributed by atoms with Crippen molar-refractivity contribution in [2.24, 2.45) is 0 Å². The molecule has 18 heavy (non-hydrogen) atoms. The van der Waals surface area contributed by atoms with Crippen LogP contribution >= 0.6 is 11.5 Å². The van der Waals surface area contributed by atoms with Crippen molar-refractivity contribution in [2.75, 3.05) is 16.8 Å². The fraction of sp³-hybridized carbons (Fsp3) is 0.636. The summed E-state index contributed by atoms with van der Waals surface area (Å²) in [6.07, 6.45) is 1.49. The van der Waals surface area contributed by atoms with E-state index in [-0.39, 0.29) is 23.3 Å². The van der Waals surface area contributed by atoms with E-state index in [4.69, 9.17) is 0 Å². The number of hydrogen-bond acceptors (Lipinski definition) is 6. The van der Waals surface area contributed by atoms with Crippen LogP contribution in [0, 0.1) is 6.92 Å². The Balaban J connectivity index is 2.17. The first kappa shape index (κ1) is 13.5. The zero-order chi connectivity index (χ0) is 13.3. The zero-order valence-corrected chi connectivity index (χ0v) is 12.0. The van der Waals surface area contributed by atoms with Crippen molar-refractivity contribution in [3.8, 4) is 0 Å². The van der Waals surface area contributed by atoms with E-state index in [1.807, 2.05) is 0 Å². The van der Waals surface area contributed by atoms with Crippen LogP contribution in [0.15, 0.2) is 0 Å². The summed E-state index contributed by atoms with van der Waals surface area (Å²) in [7, 11) is -2.94. The van der Waals surface area contributed by atoms with Crippen molar-refractivity contribution in [1.29, 1.82) is 0 Å². The molecule has 1 N–H and O–H groups in total. The van der Waals surface area contributed by atoms with Crippen molar-refractivity contribution in [2.45, 2.75) is 32.7 Å². The van der Waals surface area contributed by atoms with E-state index in [2.05, 4.69) is 9.69 Å². The lowest BCUT2D eigenvalue weighted by atomic mass is 10.1. The number of carbonyl (C=O) groups is 1. The first-order valence-electron chi connectivity index (χ1n) is 5.83. The minimum Gasteiger partial charge on any atom is -0.371 e. The van der Waals surface area contributed by atoms with Crippen molar-refractivity contribution in [1.82, 2.24) is 4.37 Å². The fourth-order valence-corrected chi connectivity index (χ4v) is 4.76. The Hall–Kier alpha value is -0.950. The van der Waals surface area contributed by atoms with Gasteiger partial charge in [-0.1, -0.05) is 0 Å². The Bertz CT molecular complexity index is 563. The first-order chi connectivity index (χ1) is 8.39. The van der Waals surface area contributed by atoms with Crippen LogP contribution in [0.1, 0.15) is 35.8 Å². The molecule has 0 aromatic carbocycles. The van der Waals surface area contributed by atoms with Crippen LogP contribution in [0.3, 0.4) is 0 Å². The lowest BCUT2D eigenvalue weighted by Gasteiger charge is -2.23. The summed E-state index contributed by atoms with van der Waals surface area (Å²) >= 11 is 1.22. The molecule has 1 unspecified atom stereocenters. The molecule has 2 rings (SSSR count). The maximum absolute atomic E-state index is 11.6. The summed E-state index contributed by atoms with van der Waals surface area (Å²) in [5, 5.41) is 3.86. The minimum absolute atomic E-state index is 0.0394. The molecule has 1 aliphatic heterocycles. The van der Waals surface area contributed by atoms with Crippen LogP contribution in [0.4, 0.5) is 5.00 Å². The summed E-state index contributed by atoms with van der Waals surface area (Å²) in [4.78, 5) is 11.5. The monoisotopic (exact) mass is 288 g/mol. The fourth-order valence-electron chi connectivity index (χ4n) is 2.20. The number of nitrogens with zero attached hydrogens (tertiary/aromatic N) is 1. The number of nitrogens with one attached hydrogen (secondary N) is 1. The highest BCUT2D eigenvalue weighted by atomic mass is 32.2. The standard InChI is InChI=1S/C11H16N2O3S2/c1-7-10(8(2)14)11(17-13-7)12-9-4-3-5-18(15,16)6-9/h9,12H,3-6H2,1-2H3. The van der Waals surface area contributed by atoms with Crippen LogP contribution in [-0.2, 0) is 9.84 Å². The Labute approximate surface area is 111 Å². The van der Waals surface area contributed by atoms with Crippen LogP contribution < -0.4 is 5.32 Å². The number of hydrogen-bond donors (Lipinski definition) is 1. The third kappa shape index (κ3) is 2.89. The number of carbonyl (C=O) groups excluding carboxylic acids is 1. The molecule has 2 heterocycles. The second-order valence-corrected chi connectivity index (χ2v) is 7.63. The van der Waals surface area contributed by atoms with Crippen LogP contribution in [0.2, 0.25) is 0 Å². The number of aromatic nitrogens is 1. The molecule has 1 aromatic rings. The molecule has 1 fully saturated rings. The van der Waals surface area contributed by atoms with E-state index in [0.29, 0.717) is 22.7 Å². The van der Waals surface area contributed by atoms with Gasteiger partial charge in [0.2, 0.25) is 0 Å². The van der Waals surface area contributed by atoms with Gasteiger partial charge in [-0.15, -0.1) is 0 Å². The SMILES string of the molecule is CC(=O)c1c(C)nsc1NC1CCCS(=O)(=O)C1. The number of anilines is 1. The summed E-state index contributed by atoms with van der Waals surface area (Å²) in [5.41, 5.74) is 1.29. The zero-order valence-electron chi connectivity index (χ0n) is 10.4. The highest BCUT2D eigenvalue weighted by Gasteiger charge is 2.26. The molecule has 0 saturated carbocycles. The smallest absolute Gasteiger partial charge is 0.164 e. The number of rotatable bonds is 3. The van der Waals surface area contributed by atoms with E-state index < -0.39 is 9.84 Å². The summed E-state index contributed by atoms with van der Waals surface area (Å²) in [5.74, 6) is 0.371. The molecule has 0 aliphatic carbocycles. The van der Waals surface area contributed by atoms with Gasteiger partial charge >= 0.3 is 0 Å². The predicted molar refractivity (Wildman–Crippen MR) is 72.2 cm³/mol. The van der Waals surface area contributed by atoms with Gasteiger partial charge in [-0.05, 0) is 38.2 Å². The number of ketones is 1. The Morgan fingerprint density at radius 1 is 1.50 bits per heavy atom. The predicted octanol–water partition coefficient (Wildman–Crippen LogP) is 1.64. The summed E-state index contributed by atoms with van der Waals surface area (Å²) < 4.78 is 27.3. The van der Waals surface area contributed by atoms with E-state index >= 15 is 0 Å². The van der Waals surface area contributed by atoms with Gasteiger partial charge in [0.15, 0.2) is 15.6 Å². The second-order valence-electron chi connectivity index (χ2n) is 4.63. The molecule has 7 heteroatoms. The first-order valence-corrected chi connectivity index (χ1v) is 8.43. The molecule has 1 atom stereocenters. The van der Waals surface area contributed by atoms with E-state index in [9.17, 15) is 13.2 Å². The highest BCUT2D eigenvalue weighted by molar-refractivity contribution is 7.91. The maximum Gasteiger partial charge on any atom is 0.164 e. The average molecular weight is 288 g/mol. The largest absolute Gasteiger partial charge is 0.371 e. The molecule has 100 valence electrons. The quantitative estimate of drug-likeness (QED) is 0.856. The average Bonchev–Trinajstić information content (AvgIpc) is 2.58. The van der Waals surface area contributed by atoms with Crippen LogP contribution in [-0.4, -0.2) is 36.1 Å². The Kier molecular flexibility index (Phi) is 3.72. The van der Waals surface area contributed by atoms with Gasteiger partial charge in [-0.2, -0.15) is 4.37 Å². The van der Waals surface area contributed by atoms with Gasteiger partial charge < -0.3 is 5.32 Å². The van der Waals surface area contributed by atoms with E-state index in [0.717, 1.165) is 6.42 Å². The topological polar surface area (TPSA) is 76.1 Å². The highest BCUT2D eigenvalue weighted by Crippen LogP contribution is 2.27. The molecule has 1 saturated heterocycles. The number of aryl methyl sites for hydroxylation is 1. The van der Waals surface area contributed by atoms with Gasteiger partial charge in [0.1, 0.15) is 5.00 Å². The van der Waals surface area contributed by atoms with E-state index in [1.165, 1.54) is 18.5 Å². The van der Waals surface area contributed by atoms with Crippen molar-refractivity contribution in [3.63, 3.8) is 0 Å². The minimum atomic E-state index is -2.94. The molecular weight excluding hydrogens is 272 g/mol. The normalized spacial score (nSPS) is 22.7. The Morgan fingerprint density at radius 2 is 2.22 bits per heavy atom.